The molecule has 0 saturated carbocycles. The van der Waals surface area contributed by atoms with E-state index in [-0.39, 0.29) is 11.8 Å². The summed E-state index contributed by atoms with van der Waals surface area (Å²) in [6.07, 6.45) is 0.949. The Kier molecular flexibility index (Phi) is 6.26. The second kappa shape index (κ2) is 9.24. The summed E-state index contributed by atoms with van der Waals surface area (Å²) in [4.78, 5) is 30.1. The Labute approximate surface area is 177 Å². The molecule has 6 heteroatoms. The van der Waals surface area contributed by atoms with E-state index in [0.29, 0.717) is 37.6 Å². The molecule has 1 saturated heterocycles. The molecule has 1 N–H and O–H groups in total. The molecule has 2 aliphatic heterocycles. The third kappa shape index (κ3) is 4.30. The Balaban J connectivity index is 1.59. The van der Waals surface area contributed by atoms with Crippen molar-refractivity contribution in [3.05, 3.63) is 71.4 Å². The van der Waals surface area contributed by atoms with Crippen LogP contribution in [0.2, 0.25) is 0 Å². The Hall–Kier alpha value is -2.96. The monoisotopic (exact) mass is 405 g/mol. The Morgan fingerprint density at radius 2 is 1.60 bits per heavy atom. The van der Waals surface area contributed by atoms with Gasteiger partial charge in [-0.25, -0.2) is 0 Å². The number of carbonyl (C=O) groups excluding carboxylic acids is 2. The second-order valence-corrected chi connectivity index (χ2v) is 7.51. The molecule has 0 aliphatic carbocycles. The van der Waals surface area contributed by atoms with Gasteiger partial charge >= 0.3 is 0 Å². The number of carbonyl (C=O) groups is 2. The number of benzene rings is 2. The van der Waals surface area contributed by atoms with E-state index in [1.54, 1.807) is 0 Å². The Morgan fingerprint density at radius 1 is 0.900 bits per heavy atom. The average molecular weight is 405 g/mol. The lowest BCUT2D eigenvalue weighted by Gasteiger charge is -2.28. The highest BCUT2D eigenvalue weighted by Crippen LogP contribution is 2.30. The summed E-state index contributed by atoms with van der Waals surface area (Å²) < 4.78 is 5.38. The van der Waals surface area contributed by atoms with E-state index in [9.17, 15) is 9.59 Å². The number of rotatable bonds is 7. The zero-order valence-electron chi connectivity index (χ0n) is 17.3. The highest BCUT2D eigenvalue weighted by Gasteiger charge is 2.39. The highest BCUT2D eigenvalue weighted by atomic mass is 16.5. The van der Waals surface area contributed by atoms with Crippen LogP contribution in [0.4, 0.5) is 5.69 Å². The van der Waals surface area contributed by atoms with Crippen molar-refractivity contribution in [2.24, 2.45) is 0 Å². The zero-order chi connectivity index (χ0) is 20.9. The number of nitrogens with one attached hydrogen (secondary N) is 1. The molecular weight excluding hydrogens is 378 g/mol. The molecule has 1 fully saturated rings. The molecule has 0 unspecified atom stereocenters. The van der Waals surface area contributed by atoms with E-state index in [1.165, 1.54) is 10.5 Å². The van der Waals surface area contributed by atoms with Crippen LogP contribution in [0.25, 0.3) is 5.57 Å². The number of aryl methyl sites for hydroxylation is 1. The normalized spacial score (nSPS) is 17.7. The lowest BCUT2D eigenvalue weighted by molar-refractivity contribution is -0.137. The largest absolute Gasteiger partial charge is 0.379 e. The summed E-state index contributed by atoms with van der Waals surface area (Å²) in [5.74, 6) is -0.515. The van der Waals surface area contributed by atoms with E-state index >= 15 is 0 Å². The van der Waals surface area contributed by atoms with Gasteiger partial charge in [-0.05, 0) is 29.7 Å². The first-order valence-electron chi connectivity index (χ1n) is 10.5. The van der Waals surface area contributed by atoms with Gasteiger partial charge in [0.1, 0.15) is 5.70 Å². The molecule has 4 rings (SSSR count). The van der Waals surface area contributed by atoms with Gasteiger partial charge in [-0.1, -0.05) is 49.4 Å². The van der Waals surface area contributed by atoms with E-state index in [0.717, 1.165) is 30.8 Å². The number of anilines is 1. The molecule has 2 aromatic carbocycles. The molecule has 2 aliphatic rings. The minimum Gasteiger partial charge on any atom is -0.379 e. The van der Waals surface area contributed by atoms with Gasteiger partial charge < -0.3 is 10.1 Å². The summed E-state index contributed by atoms with van der Waals surface area (Å²) in [5.41, 5.74) is 3.54. The van der Waals surface area contributed by atoms with Gasteiger partial charge in [-0.3, -0.25) is 19.4 Å². The van der Waals surface area contributed by atoms with Crippen molar-refractivity contribution in [1.29, 1.82) is 0 Å². The molecule has 0 atom stereocenters. The summed E-state index contributed by atoms with van der Waals surface area (Å²) >= 11 is 0. The molecular formula is C24H27N3O3. The third-order valence-corrected chi connectivity index (χ3v) is 5.61. The first kappa shape index (κ1) is 20.3. The van der Waals surface area contributed by atoms with Crippen molar-refractivity contribution in [2.45, 2.75) is 13.3 Å². The second-order valence-electron chi connectivity index (χ2n) is 7.51. The minimum atomic E-state index is -0.272. The number of ether oxygens (including phenoxy) is 1. The van der Waals surface area contributed by atoms with Crippen LogP contribution in [-0.2, 0) is 20.7 Å². The van der Waals surface area contributed by atoms with Crippen molar-refractivity contribution in [3.8, 4) is 0 Å². The van der Waals surface area contributed by atoms with Crippen LogP contribution in [0, 0.1) is 0 Å². The number of nitrogens with zero attached hydrogens (tertiary/aromatic N) is 2. The topological polar surface area (TPSA) is 61.9 Å². The quantitative estimate of drug-likeness (QED) is 0.718. The number of imide groups is 1. The highest BCUT2D eigenvalue weighted by molar-refractivity contribution is 6.36. The number of hydrogen-bond donors (Lipinski definition) is 1. The molecule has 0 spiro atoms. The van der Waals surface area contributed by atoms with Gasteiger partial charge in [-0.15, -0.1) is 0 Å². The molecule has 0 bridgehead atoms. The number of amides is 2. The van der Waals surface area contributed by atoms with Crippen molar-refractivity contribution in [2.75, 3.05) is 44.7 Å². The third-order valence-electron chi connectivity index (χ3n) is 5.61. The van der Waals surface area contributed by atoms with Gasteiger partial charge in [0.05, 0.1) is 18.8 Å². The first-order chi connectivity index (χ1) is 14.7. The predicted octanol–water partition coefficient (Wildman–Crippen LogP) is 2.77. The maximum absolute atomic E-state index is 13.3. The molecule has 30 heavy (non-hydrogen) atoms. The minimum absolute atomic E-state index is 0.243. The van der Waals surface area contributed by atoms with Crippen molar-refractivity contribution in [3.63, 3.8) is 0 Å². The van der Waals surface area contributed by atoms with Crippen LogP contribution in [0.5, 0.6) is 0 Å². The molecule has 0 aromatic heterocycles. The smallest absolute Gasteiger partial charge is 0.278 e. The van der Waals surface area contributed by atoms with Crippen LogP contribution in [0.1, 0.15) is 18.1 Å². The average Bonchev–Trinajstić information content (AvgIpc) is 3.03. The fourth-order valence-electron chi connectivity index (χ4n) is 3.80. The van der Waals surface area contributed by atoms with Crippen molar-refractivity contribution < 1.29 is 14.3 Å². The Morgan fingerprint density at radius 3 is 2.27 bits per heavy atom. The molecule has 2 aromatic rings. The summed E-state index contributed by atoms with van der Waals surface area (Å²) in [6.45, 7) is 6.15. The SMILES string of the molecule is CCc1ccc(NC2=C(c3ccccc3)C(=O)N(CCN3CCOCC3)C2=O)cc1. The fraction of sp³-hybridized carbons (Fsp3) is 0.333. The Bertz CT molecular complexity index is 932. The summed E-state index contributed by atoms with van der Waals surface area (Å²) in [6, 6.07) is 17.4. The summed E-state index contributed by atoms with van der Waals surface area (Å²) in [7, 11) is 0. The standard InChI is InChI=1S/C24H27N3O3/c1-2-18-8-10-20(11-9-18)25-22-21(19-6-4-3-5-7-19)23(28)27(24(22)29)13-12-26-14-16-30-17-15-26/h3-11,25H,2,12-17H2,1H3. The maximum Gasteiger partial charge on any atom is 0.278 e. The van der Waals surface area contributed by atoms with Gasteiger partial charge in [0, 0.05) is 31.9 Å². The zero-order valence-corrected chi connectivity index (χ0v) is 17.3. The number of morpholine rings is 1. The summed E-state index contributed by atoms with van der Waals surface area (Å²) in [5, 5.41) is 3.22. The van der Waals surface area contributed by atoms with Gasteiger partial charge in [0.15, 0.2) is 0 Å². The predicted molar refractivity (Wildman–Crippen MR) is 117 cm³/mol. The van der Waals surface area contributed by atoms with E-state index in [2.05, 4.69) is 17.1 Å². The van der Waals surface area contributed by atoms with Crippen LogP contribution < -0.4 is 5.32 Å². The van der Waals surface area contributed by atoms with Crippen LogP contribution in [-0.4, -0.2) is 61.0 Å². The lowest BCUT2D eigenvalue weighted by Crippen LogP contribution is -2.43. The molecule has 6 nitrogen and oxygen atoms in total. The molecule has 0 radical (unpaired) electrons. The van der Waals surface area contributed by atoms with Gasteiger partial charge in [0.2, 0.25) is 0 Å². The first-order valence-corrected chi connectivity index (χ1v) is 10.5. The van der Waals surface area contributed by atoms with E-state index in [4.69, 9.17) is 4.74 Å². The van der Waals surface area contributed by atoms with E-state index in [1.807, 2.05) is 54.6 Å². The van der Waals surface area contributed by atoms with E-state index < -0.39 is 0 Å². The van der Waals surface area contributed by atoms with Crippen molar-refractivity contribution >= 4 is 23.1 Å². The van der Waals surface area contributed by atoms with Crippen LogP contribution >= 0.6 is 0 Å². The van der Waals surface area contributed by atoms with Gasteiger partial charge in [0.25, 0.3) is 11.8 Å². The molecule has 2 amide bonds. The van der Waals surface area contributed by atoms with Gasteiger partial charge in [-0.2, -0.15) is 0 Å². The molecule has 156 valence electrons. The number of hydrogen-bond acceptors (Lipinski definition) is 5. The van der Waals surface area contributed by atoms with Crippen molar-refractivity contribution in [1.82, 2.24) is 9.80 Å². The maximum atomic E-state index is 13.3. The fourth-order valence-corrected chi connectivity index (χ4v) is 3.80. The molecule has 2 heterocycles. The van der Waals surface area contributed by atoms with Crippen LogP contribution in [0.15, 0.2) is 60.3 Å². The van der Waals surface area contributed by atoms with Crippen LogP contribution in [0.3, 0.4) is 0 Å². The lowest BCUT2D eigenvalue weighted by atomic mass is 10.0.